The summed E-state index contributed by atoms with van der Waals surface area (Å²) in [5.41, 5.74) is -1.12. The van der Waals surface area contributed by atoms with E-state index in [4.69, 9.17) is 0 Å². The Morgan fingerprint density at radius 3 is 2.24 bits per heavy atom. The first kappa shape index (κ1) is 29.1. The predicted molar refractivity (Wildman–Crippen MR) is 136 cm³/mol. The minimum atomic E-state index is -4.76. The van der Waals surface area contributed by atoms with Crippen molar-refractivity contribution in [2.75, 3.05) is 26.2 Å². The van der Waals surface area contributed by atoms with Gasteiger partial charge in [-0.3, -0.25) is 14.5 Å². The second kappa shape index (κ2) is 10.8. The van der Waals surface area contributed by atoms with Crippen molar-refractivity contribution in [3.63, 3.8) is 0 Å². The number of alkyl halides is 3. The number of amides is 3. The minimum Gasteiger partial charge on any atom is -0.465 e. The fourth-order valence-electron chi connectivity index (χ4n) is 6.04. The van der Waals surface area contributed by atoms with Crippen molar-refractivity contribution in [1.82, 2.24) is 19.6 Å². The summed E-state index contributed by atoms with van der Waals surface area (Å²) in [5, 5.41) is 17.5. The summed E-state index contributed by atoms with van der Waals surface area (Å²) in [6, 6.07) is 1.13. The zero-order chi connectivity index (χ0) is 29.7. The zero-order valence-electron chi connectivity index (χ0n) is 22.0. The Kier molecular flexibility index (Phi) is 7.66. The SMILES string of the molecule is N#CN(C(=O)[C@@H]1C[C@@H](S(=O)(=O)c2cccc(C(F)(F)F)c2)CN1C(=O)C1CCN1C1CCN(C(=O)O)CC1)C1CC1. The minimum absolute atomic E-state index is 0.0586. The van der Waals surface area contributed by atoms with Crippen LogP contribution in [0.15, 0.2) is 29.2 Å². The molecule has 1 aromatic carbocycles. The second-order valence-corrected chi connectivity index (χ2v) is 13.2. The Hall–Kier alpha value is -3.38. The van der Waals surface area contributed by atoms with Crippen LogP contribution in [0.4, 0.5) is 18.0 Å². The van der Waals surface area contributed by atoms with Crippen LogP contribution in [0.2, 0.25) is 0 Å². The maximum atomic E-state index is 13.8. The van der Waals surface area contributed by atoms with Crippen molar-refractivity contribution >= 4 is 27.7 Å². The number of nitriles is 1. The molecule has 222 valence electrons. The van der Waals surface area contributed by atoms with Crippen LogP contribution in [-0.2, 0) is 25.6 Å². The first-order chi connectivity index (χ1) is 19.3. The lowest BCUT2D eigenvalue weighted by Gasteiger charge is -2.48. The average Bonchev–Trinajstić information content (AvgIpc) is 3.63. The molecule has 11 nitrogen and oxygen atoms in total. The van der Waals surface area contributed by atoms with Gasteiger partial charge in [-0.2, -0.15) is 18.4 Å². The van der Waals surface area contributed by atoms with E-state index in [-0.39, 0.29) is 25.0 Å². The number of hydrogen-bond donors (Lipinski definition) is 1. The lowest BCUT2D eigenvalue weighted by Crippen LogP contribution is -2.63. The first-order valence-electron chi connectivity index (χ1n) is 13.5. The highest BCUT2D eigenvalue weighted by atomic mass is 32.2. The number of rotatable bonds is 6. The molecule has 3 aliphatic heterocycles. The van der Waals surface area contributed by atoms with E-state index >= 15 is 0 Å². The molecule has 4 fully saturated rings. The molecule has 1 aromatic rings. The molecule has 1 aliphatic carbocycles. The van der Waals surface area contributed by atoms with Crippen molar-refractivity contribution < 1.29 is 41.1 Å². The molecular formula is C26H30F3N5O6S. The fraction of sp³-hybridized carbons (Fsp3) is 0.615. The molecule has 5 rings (SSSR count). The van der Waals surface area contributed by atoms with Crippen molar-refractivity contribution in [1.29, 1.82) is 5.26 Å². The van der Waals surface area contributed by atoms with Crippen LogP contribution in [0.5, 0.6) is 0 Å². The van der Waals surface area contributed by atoms with E-state index in [0.717, 1.165) is 23.1 Å². The predicted octanol–water partition coefficient (Wildman–Crippen LogP) is 2.14. The molecular weight excluding hydrogens is 567 g/mol. The number of likely N-dealkylation sites (tertiary alicyclic amines) is 3. The van der Waals surface area contributed by atoms with Gasteiger partial charge in [0.2, 0.25) is 5.91 Å². The van der Waals surface area contributed by atoms with Crippen LogP contribution in [-0.4, -0.2) is 107 Å². The van der Waals surface area contributed by atoms with Gasteiger partial charge in [0.05, 0.1) is 21.8 Å². The highest BCUT2D eigenvalue weighted by molar-refractivity contribution is 7.92. The van der Waals surface area contributed by atoms with Crippen LogP contribution >= 0.6 is 0 Å². The van der Waals surface area contributed by atoms with Crippen molar-refractivity contribution in [3.05, 3.63) is 29.8 Å². The number of piperidine rings is 1. The third-order valence-corrected chi connectivity index (χ3v) is 10.7. The summed E-state index contributed by atoms with van der Waals surface area (Å²) < 4.78 is 67.0. The van der Waals surface area contributed by atoms with Crippen LogP contribution in [0.1, 0.15) is 44.1 Å². The highest BCUT2D eigenvalue weighted by Crippen LogP contribution is 2.37. The standard InChI is InChI=1S/C26H30F3N5O6S/c27-26(28,29)16-2-1-3-19(12-16)41(39,40)20-13-22(24(36)34(15-30)17-4-5-17)33(14-20)23(35)21-8-11-32(21)18-6-9-31(10-7-18)25(37)38/h1-3,12,17-18,20-22H,4-11,13-14H2,(H,37,38)/t20-,21?,22+/m1/s1. The van der Waals surface area contributed by atoms with E-state index in [1.165, 1.54) is 9.80 Å². The van der Waals surface area contributed by atoms with Crippen molar-refractivity contribution in [2.24, 2.45) is 0 Å². The van der Waals surface area contributed by atoms with Gasteiger partial charge in [0.15, 0.2) is 16.0 Å². The summed E-state index contributed by atoms with van der Waals surface area (Å²) in [6.07, 6.45) is -1.53. The van der Waals surface area contributed by atoms with Gasteiger partial charge in [0, 0.05) is 38.3 Å². The summed E-state index contributed by atoms with van der Waals surface area (Å²) in [6.45, 7) is 0.828. The first-order valence-corrected chi connectivity index (χ1v) is 15.1. The number of carbonyl (C=O) groups is 3. The molecule has 0 bridgehead atoms. The number of halogens is 3. The molecule has 3 atom stereocenters. The Labute approximate surface area is 235 Å². The van der Waals surface area contributed by atoms with E-state index in [1.54, 1.807) is 0 Å². The maximum Gasteiger partial charge on any atom is 0.416 e. The third kappa shape index (κ3) is 5.59. The molecule has 0 aromatic heterocycles. The third-order valence-electron chi connectivity index (χ3n) is 8.57. The summed E-state index contributed by atoms with van der Waals surface area (Å²) in [7, 11) is -4.38. The molecule has 1 unspecified atom stereocenters. The average molecular weight is 598 g/mol. The molecule has 3 heterocycles. The quantitative estimate of drug-likeness (QED) is 0.388. The Bertz CT molecular complexity index is 1370. The number of benzene rings is 1. The molecule has 41 heavy (non-hydrogen) atoms. The van der Waals surface area contributed by atoms with E-state index in [0.29, 0.717) is 57.8 Å². The van der Waals surface area contributed by atoms with Gasteiger partial charge >= 0.3 is 12.3 Å². The number of sulfone groups is 1. The molecule has 3 amide bonds. The van der Waals surface area contributed by atoms with Crippen molar-refractivity contribution in [3.8, 4) is 6.19 Å². The summed E-state index contributed by atoms with van der Waals surface area (Å²) >= 11 is 0. The highest BCUT2D eigenvalue weighted by Gasteiger charge is 2.52. The Morgan fingerprint density at radius 1 is 1.02 bits per heavy atom. The molecule has 0 spiro atoms. The van der Waals surface area contributed by atoms with Gasteiger partial charge < -0.3 is 14.9 Å². The van der Waals surface area contributed by atoms with Crippen LogP contribution in [0.25, 0.3) is 0 Å². The number of carbonyl (C=O) groups excluding carboxylic acids is 2. The van der Waals surface area contributed by atoms with E-state index in [1.807, 2.05) is 11.1 Å². The number of nitrogens with zero attached hydrogens (tertiary/aromatic N) is 5. The molecule has 4 aliphatic rings. The molecule has 1 N–H and O–H groups in total. The molecule has 0 radical (unpaired) electrons. The number of carboxylic acid groups (broad SMARTS) is 1. The lowest BCUT2D eigenvalue weighted by molar-refractivity contribution is -0.150. The Balaban J connectivity index is 1.39. The van der Waals surface area contributed by atoms with Crippen molar-refractivity contribution in [2.45, 2.75) is 79.0 Å². The molecule has 15 heteroatoms. The van der Waals surface area contributed by atoms with Gasteiger partial charge in [-0.05, 0) is 56.7 Å². The molecule has 1 saturated carbocycles. The van der Waals surface area contributed by atoms with Gasteiger partial charge in [0.25, 0.3) is 5.91 Å². The zero-order valence-corrected chi connectivity index (χ0v) is 22.9. The smallest absolute Gasteiger partial charge is 0.416 e. The summed E-state index contributed by atoms with van der Waals surface area (Å²) in [4.78, 5) is 43.4. The van der Waals surface area contributed by atoms with E-state index in [2.05, 4.69) is 0 Å². The lowest BCUT2D eigenvalue weighted by atomic mass is 9.93. The Morgan fingerprint density at radius 2 is 1.71 bits per heavy atom. The topological polar surface area (TPSA) is 142 Å². The normalized spacial score (nSPS) is 25.9. The monoisotopic (exact) mass is 597 g/mol. The van der Waals surface area contributed by atoms with Gasteiger partial charge in [0.1, 0.15) is 6.04 Å². The fourth-order valence-corrected chi connectivity index (χ4v) is 7.77. The van der Waals surface area contributed by atoms with Crippen LogP contribution in [0.3, 0.4) is 0 Å². The van der Waals surface area contributed by atoms with Gasteiger partial charge in [-0.1, -0.05) is 6.07 Å². The van der Waals surface area contributed by atoms with E-state index < -0.39 is 61.7 Å². The largest absolute Gasteiger partial charge is 0.465 e. The summed E-state index contributed by atoms with van der Waals surface area (Å²) in [5.74, 6) is -1.16. The van der Waals surface area contributed by atoms with Crippen LogP contribution in [0, 0.1) is 11.5 Å². The van der Waals surface area contributed by atoms with Gasteiger partial charge in [-0.15, -0.1) is 0 Å². The maximum absolute atomic E-state index is 13.8. The van der Waals surface area contributed by atoms with Crippen LogP contribution < -0.4 is 0 Å². The van der Waals surface area contributed by atoms with Gasteiger partial charge in [-0.25, -0.2) is 18.1 Å². The van der Waals surface area contributed by atoms with E-state index in [9.17, 15) is 46.3 Å². The number of hydrogen-bond acceptors (Lipinski definition) is 7. The second-order valence-electron chi connectivity index (χ2n) is 11.0. The molecule has 3 saturated heterocycles.